The number of rotatable bonds is 5. The maximum absolute atomic E-state index is 10.1. The van der Waals surface area contributed by atoms with Crippen LogP contribution in [0.4, 0.5) is 0 Å². The molecule has 1 fully saturated rings. The Morgan fingerprint density at radius 3 is 2.79 bits per heavy atom. The lowest BCUT2D eigenvalue weighted by atomic mass is 9.97. The van der Waals surface area contributed by atoms with Gasteiger partial charge in [-0.1, -0.05) is 18.2 Å². The van der Waals surface area contributed by atoms with Gasteiger partial charge in [-0.05, 0) is 69.1 Å². The molecule has 0 saturated carbocycles. The van der Waals surface area contributed by atoms with Crippen LogP contribution in [0, 0.1) is 13.8 Å². The number of hydrogen-bond donors (Lipinski definition) is 1. The van der Waals surface area contributed by atoms with Crippen LogP contribution >= 0.6 is 0 Å². The maximum Gasteiger partial charge on any atom is 0.0581 e. The van der Waals surface area contributed by atoms with Gasteiger partial charge in [0.1, 0.15) is 0 Å². The third-order valence-corrected chi connectivity index (χ3v) is 4.14. The summed E-state index contributed by atoms with van der Waals surface area (Å²) < 4.78 is 5.70. The molecule has 1 aromatic carbocycles. The van der Waals surface area contributed by atoms with Crippen molar-refractivity contribution in [2.45, 2.75) is 64.6 Å². The zero-order chi connectivity index (χ0) is 13.7. The van der Waals surface area contributed by atoms with Gasteiger partial charge in [-0.15, -0.1) is 0 Å². The monoisotopic (exact) mass is 262 g/mol. The highest BCUT2D eigenvalue weighted by Gasteiger charge is 2.15. The number of benzene rings is 1. The summed E-state index contributed by atoms with van der Waals surface area (Å²) >= 11 is 0. The minimum absolute atomic E-state index is 0.243. The molecule has 19 heavy (non-hydrogen) atoms. The number of aliphatic hydroxyl groups excluding tert-OH is 1. The van der Waals surface area contributed by atoms with E-state index < -0.39 is 0 Å². The molecule has 2 rings (SSSR count). The van der Waals surface area contributed by atoms with E-state index in [9.17, 15) is 5.11 Å². The zero-order valence-corrected chi connectivity index (χ0v) is 12.2. The molecular weight excluding hydrogens is 236 g/mol. The molecule has 0 amide bonds. The number of aryl methyl sites for hydroxylation is 2. The highest BCUT2D eigenvalue weighted by Crippen LogP contribution is 2.19. The topological polar surface area (TPSA) is 29.5 Å². The quantitative estimate of drug-likeness (QED) is 0.879. The SMILES string of the molecule is Cc1ccc(CC(O)CCC2CCCCO2)cc1C. The smallest absolute Gasteiger partial charge is 0.0581 e. The minimum Gasteiger partial charge on any atom is -0.393 e. The van der Waals surface area contributed by atoms with Gasteiger partial charge < -0.3 is 9.84 Å². The van der Waals surface area contributed by atoms with E-state index in [4.69, 9.17) is 4.74 Å². The molecule has 0 aromatic heterocycles. The summed E-state index contributed by atoms with van der Waals surface area (Å²) in [4.78, 5) is 0. The van der Waals surface area contributed by atoms with Crippen LogP contribution < -0.4 is 0 Å². The highest BCUT2D eigenvalue weighted by molar-refractivity contribution is 5.30. The van der Waals surface area contributed by atoms with E-state index >= 15 is 0 Å². The van der Waals surface area contributed by atoms with Crippen molar-refractivity contribution in [1.29, 1.82) is 0 Å². The molecule has 1 aromatic rings. The van der Waals surface area contributed by atoms with Gasteiger partial charge in [-0.3, -0.25) is 0 Å². The first kappa shape index (κ1) is 14.5. The molecule has 106 valence electrons. The third kappa shape index (κ3) is 4.63. The first-order valence-electron chi connectivity index (χ1n) is 7.51. The Morgan fingerprint density at radius 2 is 2.11 bits per heavy atom. The van der Waals surface area contributed by atoms with Gasteiger partial charge in [0.2, 0.25) is 0 Å². The molecule has 2 heteroatoms. The van der Waals surface area contributed by atoms with Gasteiger partial charge in [-0.25, -0.2) is 0 Å². The highest BCUT2D eigenvalue weighted by atomic mass is 16.5. The zero-order valence-electron chi connectivity index (χ0n) is 12.2. The Hall–Kier alpha value is -0.860. The van der Waals surface area contributed by atoms with E-state index in [0.717, 1.165) is 32.3 Å². The summed E-state index contributed by atoms with van der Waals surface area (Å²) in [5.74, 6) is 0. The van der Waals surface area contributed by atoms with Crippen molar-refractivity contribution in [2.75, 3.05) is 6.61 Å². The van der Waals surface area contributed by atoms with E-state index in [1.54, 1.807) is 0 Å². The fourth-order valence-electron chi connectivity index (χ4n) is 2.72. The summed E-state index contributed by atoms with van der Waals surface area (Å²) in [5, 5.41) is 10.1. The van der Waals surface area contributed by atoms with Crippen LogP contribution in [-0.4, -0.2) is 23.9 Å². The molecule has 1 aliphatic heterocycles. The molecule has 1 N–H and O–H groups in total. The van der Waals surface area contributed by atoms with Gasteiger partial charge in [0.05, 0.1) is 12.2 Å². The minimum atomic E-state index is -0.243. The van der Waals surface area contributed by atoms with Crippen LogP contribution in [0.15, 0.2) is 18.2 Å². The number of ether oxygens (including phenoxy) is 1. The Labute approximate surface area is 116 Å². The predicted molar refractivity (Wildman–Crippen MR) is 78.5 cm³/mol. The Kier molecular flexibility index (Phi) is 5.41. The fourth-order valence-corrected chi connectivity index (χ4v) is 2.72. The van der Waals surface area contributed by atoms with Gasteiger partial charge in [0.25, 0.3) is 0 Å². The largest absolute Gasteiger partial charge is 0.393 e. The number of aliphatic hydroxyl groups is 1. The van der Waals surface area contributed by atoms with Crippen molar-refractivity contribution in [3.63, 3.8) is 0 Å². The van der Waals surface area contributed by atoms with E-state index in [1.807, 2.05) is 0 Å². The molecule has 2 nitrogen and oxygen atoms in total. The average molecular weight is 262 g/mol. The van der Waals surface area contributed by atoms with E-state index in [1.165, 1.54) is 29.5 Å². The summed E-state index contributed by atoms with van der Waals surface area (Å²) in [6, 6.07) is 6.46. The molecule has 0 bridgehead atoms. The summed E-state index contributed by atoms with van der Waals surface area (Å²) in [7, 11) is 0. The lowest BCUT2D eigenvalue weighted by Gasteiger charge is -2.23. The van der Waals surface area contributed by atoms with Crippen molar-refractivity contribution < 1.29 is 9.84 Å². The van der Waals surface area contributed by atoms with Gasteiger partial charge in [0, 0.05) is 6.61 Å². The molecule has 0 radical (unpaired) electrons. The summed E-state index contributed by atoms with van der Waals surface area (Å²) in [6.45, 7) is 5.15. The van der Waals surface area contributed by atoms with Crippen molar-refractivity contribution in [3.05, 3.63) is 34.9 Å². The number of hydrogen-bond acceptors (Lipinski definition) is 2. The fraction of sp³-hybridized carbons (Fsp3) is 0.647. The van der Waals surface area contributed by atoms with E-state index in [0.29, 0.717) is 6.10 Å². The molecule has 1 saturated heterocycles. The van der Waals surface area contributed by atoms with Crippen LogP contribution in [-0.2, 0) is 11.2 Å². The standard InChI is InChI=1S/C17H26O2/c1-13-6-7-15(11-14(13)2)12-16(18)8-9-17-5-3-4-10-19-17/h6-7,11,16-18H,3-5,8-10,12H2,1-2H3. The van der Waals surface area contributed by atoms with Gasteiger partial charge in [-0.2, -0.15) is 0 Å². The van der Waals surface area contributed by atoms with Crippen LogP contribution in [0.3, 0.4) is 0 Å². The van der Waals surface area contributed by atoms with Crippen molar-refractivity contribution in [3.8, 4) is 0 Å². The predicted octanol–water partition coefficient (Wildman–Crippen LogP) is 3.56. The Balaban J connectivity index is 1.76. The second-order valence-corrected chi connectivity index (χ2v) is 5.84. The van der Waals surface area contributed by atoms with Crippen LogP contribution in [0.25, 0.3) is 0 Å². The van der Waals surface area contributed by atoms with Crippen LogP contribution in [0.1, 0.15) is 48.8 Å². The summed E-state index contributed by atoms with van der Waals surface area (Å²) in [5.41, 5.74) is 3.86. The lowest BCUT2D eigenvalue weighted by molar-refractivity contribution is 0.00234. The first-order valence-corrected chi connectivity index (χ1v) is 7.51. The lowest BCUT2D eigenvalue weighted by Crippen LogP contribution is -2.21. The third-order valence-electron chi connectivity index (χ3n) is 4.14. The molecular formula is C17H26O2. The average Bonchev–Trinajstić information content (AvgIpc) is 2.42. The van der Waals surface area contributed by atoms with Crippen LogP contribution in [0.2, 0.25) is 0 Å². The molecule has 2 atom stereocenters. The van der Waals surface area contributed by atoms with Gasteiger partial charge in [0.15, 0.2) is 0 Å². The molecule has 1 aliphatic rings. The summed E-state index contributed by atoms with van der Waals surface area (Å²) in [6.07, 6.45) is 6.36. The van der Waals surface area contributed by atoms with E-state index in [-0.39, 0.29) is 6.10 Å². The molecule has 1 heterocycles. The van der Waals surface area contributed by atoms with E-state index in [2.05, 4.69) is 32.0 Å². The van der Waals surface area contributed by atoms with Crippen molar-refractivity contribution in [1.82, 2.24) is 0 Å². The van der Waals surface area contributed by atoms with Crippen LogP contribution in [0.5, 0.6) is 0 Å². The van der Waals surface area contributed by atoms with Crippen molar-refractivity contribution >= 4 is 0 Å². The van der Waals surface area contributed by atoms with Crippen molar-refractivity contribution in [2.24, 2.45) is 0 Å². The molecule has 2 unspecified atom stereocenters. The Morgan fingerprint density at radius 1 is 1.26 bits per heavy atom. The molecule has 0 spiro atoms. The first-order chi connectivity index (χ1) is 9.15. The van der Waals surface area contributed by atoms with Gasteiger partial charge >= 0.3 is 0 Å². The Bertz CT molecular complexity index is 394. The second-order valence-electron chi connectivity index (χ2n) is 5.84. The molecule has 0 aliphatic carbocycles. The maximum atomic E-state index is 10.1. The second kappa shape index (κ2) is 7.06. The normalized spacial score (nSPS) is 21.3.